The van der Waals surface area contributed by atoms with E-state index in [1.165, 1.54) is 17.0 Å². The highest BCUT2D eigenvalue weighted by atomic mass is 32.1. The first-order valence-electron chi connectivity index (χ1n) is 7.72. The van der Waals surface area contributed by atoms with Gasteiger partial charge in [0.2, 0.25) is 0 Å². The summed E-state index contributed by atoms with van der Waals surface area (Å²) >= 11 is 1.80. The van der Waals surface area contributed by atoms with Gasteiger partial charge in [0, 0.05) is 16.1 Å². The summed E-state index contributed by atoms with van der Waals surface area (Å²) in [5.41, 5.74) is 4.50. The molecule has 0 spiro atoms. The molecule has 0 bridgehead atoms. The maximum absolute atomic E-state index is 9.26. The largest absolute Gasteiger partial charge is 0.290 e. The predicted octanol–water partition coefficient (Wildman–Crippen LogP) is 4.25. The maximum atomic E-state index is 9.26. The van der Waals surface area contributed by atoms with E-state index >= 15 is 0 Å². The first-order chi connectivity index (χ1) is 10.8. The second-order valence-corrected chi connectivity index (χ2v) is 7.11. The molecule has 4 heteroatoms. The molecule has 2 aromatic heterocycles. The number of aromatic nitrogens is 2. The van der Waals surface area contributed by atoms with E-state index in [1.54, 1.807) is 11.3 Å². The molecule has 0 saturated heterocycles. The van der Waals surface area contributed by atoms with Gasteiger partial charge in [-0.1, -0.05) is 37.3 Å². The summed E-state index contributed by atoms with van der Waals surface area (Å²) in [5.74, 6) is 0.754. The summed E-state index contributed by atoms with van der Waals surface area (Å²) in [6.07, 6.45) is 3.88. The van der Waals surface area contributed by atoms with Gasteiger partial charge in [0.15, 0.2) is 4.96 Å². The Morgan fingerprint density at radius 2 is 2.18 bits per heavy atom. The van der Waals surface area contributed by atoms with Gasteiger partial charge < -0.3 is 0 Å². The number of aryl methyl sites for hydroxylation is 1. The number of nitrogens with zero attached hydrogens (tertiary/aromatic N) is 3. The average Bonchev–Trinajstić information content (AvgIpc) is 3.05. The molecule has 3 aromatic rings. The summed E-state index contributed by atoms with van der Waals surface area (Å²) < 4.78 is 2.26. The van der Waals surface area contributed by atoms with E-state index in [0.717, 1.165) is 40.7 Å². The monoisotopic (exact) mass is 307 g/mol. The number of thiazole rings is 1. The molecule has 0 radical (unpaired) electrons. The minimum atomic E-state index is 0.407. The number of hydrogen-bond acceptors (Lipinski definition) is 3. The number of benzene rings is 1. The van der Waals surface area contributed by atoms with Gasteiger partial charge >= 0.3 is 0 Å². The lowest BCUT2D eigenvalue weighted by Gasteiger charge is -2.18. The fourth-order valence-electron chi connectivity index (χ4n) is 3.35. The Labute approximate surface area is 133 Å². The van der Waals surface area contributed by atoms with E-state index in [9.17, 15) is 5.26 Å². The van der Waals surface area contributed by atoms with Crippen LogP contribution in [0.2, 0.25) is 0 Å². The van der Waals surface area contributed by atoms with Gasteiger partial charge in [-0.25, -0.2) is 4.98 Å². The average molecular weight is 307 g/mol. The van der Waals surface area contributed by atoms with Crippen molar-refractivity contribution in [2.45, 2.75) is 32.6 Å². The molecule has 1 aliphatic rings. The molecule has 110 valence electrons. The molecule has 0 fully saturated rings. The van der Waals surface area contributed by atoms with Crippen LogP contribution in [0.1, 0.15) is 29.6 Å². The summed E-state index contributed by atoms with van der Waals surface area (Å²) in [4.78, 5) is 7.36. The lowest BCUT2D eigenvalue weighted by molar-refractivity contribution is 0.498. The third kappa shape index (κ3) is 2.05. The van der Waals surface area contributed by atoms with Crippen molar-refractivity contribution in [2.75, 3.05) is 0 Å². The Morgan fingerprint density at radius 1 is 1.36 bits per heavy atom. The molecule has 1 atom stereocenters. The van der Waals surface area contributed by atoms with Crippen molar-refractivity contribution in [1.82, 2.24) is 9.38 Å². The van der Waals surface area contributed by atoms with Gasteiger partial charge in [-0.2, -0.15) is 5.26 Å². The zero-order chi connectivity index (χ0) is 15.1. The Balaban J connectivity index is 1.95. The van der Waals surface area contributed by atoms with E-state index in [2.05, 4.69) is 29.5 Å². The fraction of sp³-hybridized carbons (Fsp3) is 0.333. The van der Waals surface area contributed by atoms with E-state index in [1.807, 2.05) is 18.2 Å². The second-order valence-electron chi connectivity index (χ2n) is 6.05. The van der Waals surface area contributed by atoms with Crippen molar-refractivity contribution in [1.29, 1.82) is 5.26 Å². The Kier molecular flexibility index (Phi) is 3.24. The first-order valence-corrected chi connectivity index (χ1v) is 8.54. The van der Waals surface area contributed by atoms with Crippen LogP contribution in [-0.4, -0.2) is 9.38 Å². The topological polar surface area (TPSA) is 41.1 Å². The summed E-state index contributed by atoms with van der Waals surface area (Å²) in [6.45, 7) is 2.32. The number of nitriles is 1. The predicted molar refractivity (Wildman–Crippen MR) is 89.0 cm³/mol. The van der Waals surface area contributed by atoms with Gasteiger partial charge in [-0.3, -0.25) is 4.40 Å². The van der Waals surface area contributed by atoms with Crippen LogP contribution in [0.15, 0.2) is 30.3 Å². The zero-order valence-electron chi connectivity index (χ0n) is 12.5. The lowest BCUT2D eigenvalue weighted by Crippen LogP contribution is -2.11. The first kappa shape index (κ1) is 13.5. The molecular formula is C18H17N3S. The highest BCUT2D eigenvalue weighted by molar-refractivity contribution is 7.17. The molecule has 0 N–H and O–H groups in total. The van der Waals surface area contributed by atoms with Gasteiger partial charge in [-0.05, 0) is 25.2 Å². The molecule has 22 heavy (non-hydrogen) atoms. The Hall–Kier alpha value is -2.12. The molecule has 1 unspecified atom stereocenters. The van der Waals surface area contributed by atoms with Crippen molar-refractivity contribution in [3.63, 3.8) is 0 Å². The van der Waals surface area contributed by atoms with Gasteiger partial charge in [0.25, 0.3) is 0 Å². The third-order valence-electron chi connectivity index (χ3n) is 4.45. The van der Waals surface area contributed by atoms with Crippen LogP contribution < -0.4 is 0 Å². The fourth-order valence-corrected chi connectivity index (χ4v) is 4.70. The number of hydrogen-bond donors (Lipinski definition) is 0. The third-order valence-corrected chi connectivity index (χ3v) is 5.55. The summed E-state index contributed by atoms with van der Waals surface area (Å²) in [5, 5.41) is 9.26. The van der Waals surface area contributed by atoms with E-state index in [0.29, 0.717) is 6.42 Å². The Bertz CT molecular complexity index is 867. The van der Waals surface area contributed by atoms with Crippen LogP contribution in [0.5, 0.6) is 0 Å². The molecule has 0 amide bonds. The normalized spacial score (nSPS) is 17.4. The van der Waals surface area contributed by atoms with Crippen molar-refractivity contribution in [2.24, 2.45) is 5.92 Å². The number of imidazole rings is 1. The van der Waals surface area contributed by atoms with Crippen LogP contribution in [0.3, 0.4) is 0 Å². The van der Waals surface area contributed by atoms with Crippen LogP contribution in [-0.2, 0) is 19.3 Å². The highest BCUT2D eigenvalue weighted by Crippen LogP contribution is 2.36. The van der Waals surface area contributed by atoms with Gasteiger partial charge in [-0.15, -0.1) is 11.3 Å². The van der Waals surface area contributed by atoms with E-state index < -0.39 is 0 Å². The van der Waals surface area contributed by atoms with Crippen LogP contribution >= 0.6 is 11.3 Å². The minimum Gasteiger partial charge on any atom is -0.290 e. The molecule has 0 aliphatic heterocycles. The highest BCUT2D eigenvalue weighted by Gasteiger charge is 2.25. The SMILES string of the molecule is CC1CCc2c(sc3nc(-c4ccccc4)c(CC#N)n23)C1. The van der Waals surface area contributed by atoms with Gasteiger partial charge in [0.1, 0.15) is 0 Å². The van der Waals surface area contributed by atoms with Crippen molar-refractivity contribution < 1.29 is 0 Å². The van der Waals surface area contributed by atoms with Crippen LogP contribution in [0.4, 0.5) is 0 Å². The van der Waals surface area contributed by atoms with E-state index in [4.69, 9.17) is 4.98 Å². The second kappa shape index (κ2) is 5.26. The molecule has 0 saturated carbocycles. The lowest BCUT2D eigenvalue weighted by atomic mass is 9.93. The minimum absolute atomic E-state index is 0.407. The van der Waals surface area contributed by atoms with Gasteiger partial charge in [0.05, 0.1) is 23.9 Å². The smallest absolute Gasteiger partial charge is 0.194 e. The summed E-state index contributed by atoms with van der Waals surface area (Å²) in [7, 11) is 0. The quantitative estimate of drug-likeness (QED) is 0.710. The van der Waals surface area contributed by atoms with Crippen molar-refractivity contribution in [3.8, 4) is 17.3 Å². The van der Waals surface area contributed by atoms with Crippen molar-refractivity contribution >= 4 is 16.3 Å². The molecule has 3 nitrogen and oxygen atoms in total. The number of rotatable bonds is 2. The van der Waals surface area contributed by atoms with Crippen LogP contribution in [0.25, 0.3) is 16.2 Å². The standard InChI is InChI=1S/C18H17N3S/c1-12-7-8-14-16(11-12)22-18-20-17(13-5-3-2-4-6-13)15(9-10-19)21(14)18/h2-6,12H,7-9,11H2,1H3. The number of fused-ring (bicyclic) bond motifs is 3. The molecule has 1 aliphatic carbocycles. The van der Waals surface area contributed by atoms with Crippen LogP contribution in [0, 0.1) is 17.2 Å². The molecular weight excluding hydrogens is 290 g/mol. The summed E-state index contributed by atoms with van der Waals surface area (Å²) in [6, 6.07) is 12.5. The molecule has 1 aromatic carbocycles. The van der Waals surface area contributed by atoms with Crippen molar-refractivity contribution in [3.05, 3.63) is 46.6 Å². The zero-order valence-corrected chi connectivity index (χ0v) is 13.4. The molecule has 4 rings (SSSR count). The molecule has 2 heterocycles. The van der Waals surface area contributed by atoms with E-state index in [-0.39, 0.29) is 0 Å². The Morgan fingerprint density at radius 3 is 2.95 bits per heavy atom. The maximum Gasteiger partial charge on any atom is 0.194 e.